The number of likely N-dealkylation sites (tertiary alicyclic amines) is 1. The van der Waals surface area contributed by atoms with Gasteiger partial charge in [-0.2, -0.15) is 0 Å². The van der Waals surface area contributed by atoms with Crippen molar-refractivity contribution in [2.24, 2.45) is 0 Å². The number of aliphatic hydroxyl groups excluding tert-OH is 1. The number of thiophene rings is 1. The Hall–Kier alpha value is -3.02. The summed E-state index contributed by atoms with van der Waals surface area (Å²) >= 11 is 2.57. The van der Waals surface area contributed by atoms with Crippen molar-refractivity contribution in [3.63, 3.8) is 0 Å². The Morgan fingerprint density at radius 3 is 2.73 bits per heavy atom. The number of thiazole rings is 1. The number of carbonyl (C=O) groups is 1. The summed E-state index contributed by atoms with van der Waals surface area (Å²) in [4.78, 5) is 33.4. The molecule has 1 amide bonds. The normalized spacial score (nSPS) is 17.7. The molecular formula is C31H35N3O5S2. The molecule has 8 nitrogen and oxygen atoms in total. The van der Waals surface area contributed by atoms with Gasteiger partial charge in [-0.05, 0) is 55.5 Å². The predicted molar refractivity (Wildman–Crippen MR) is 162 cm³/mol. The highest BCUT2D eigenvalue weighted by atomic mass is 32.1. The van der Waals surface area contributed by atoms with Gasteiger partial charge in [-0.15, -0.1) is 11.3 Å². The number of aryl methyl sites for hydroxylation is 2. The lowest BCUT2D eigenvalue weighted by Gasteiger charge is -2.54. The first-order valence-corrected chi connectivity index (χ1v) is 15.7. The number of nitrogens with one attached hydrogen (secondary N) is 1. The van der Waals surface area contributed by atoms with Crippen molar-refractivity contribution in [2.75, 3.05) is 32.8 Å². The van der Waals surface area contributed by atoms with Crippen LogP contribution in [-0.4, -0.2) is 69.3 Å². The first kappa shape index (κ1) is 28.1. The third-order valence-electron chi connectivity index (χ3n) is 8.05. The quantitative estimate of drug-likeness (QED) is 0.240. The molecule has 41 heavy (non-hydrogen) atoms. The van der Waals surface area contributed by atoms with E-state index in [9.17, 15) is 19.8 Å². The second-order valence-electron chi connectivity index (χ2n) is 11.3. The van der Waals surface area contributed by atoms with Crippen LogP contribution in [0.3, 0.4) is 0 Å². The summed E-state index contributed by atoms with van der Waals surface area (Å²) in [5.41, 5.74) is 3.37. The Morgan fingerprint density at radius 2 is 1.93 bits per heavy atom. The lowest BCUT2D eigenvalue weighted by atomic mass is 9.91. The van der Waals surface area contributed by atoms with Crippen LogP contribution in [0.2, 0.25) is 0 Å². The summed E-state index contributed by atoms with van der Waals surface area (Å²) in [6.45, 7) is 6.39. The highest BCUT2D eigenvalue weighted by Crippen LogP contribution is 2.34. The molecule has 0 unspecified atom stereocenters. The number of hydrogen-bond acceptors (Lipinski definition) is 8. The number of benzene rings is 2. The molecule has 0 radical (unpaired) electrons. The standard InChI is InChI=1S/C31H35N3O5S2/c1-20-9-12-26(40-20)29(37)34-13-14-39-31(19-34)17-33(18-31)16-22-7-4-6-21(15-22)5-2-3-8-24(35)23-10-11-25(36)27-28(23)41-30(38)32-27/h4,6-7,9-12,15,24,35-36H,2-3,5,8,13-14,16-19H2,1H3,(H,32,38)/t24-/m0/s1. The van der Waals surface area contributed by atoms with E-state index in [2.05, 4.69) is 34.1 Å². The molecule has 0 saturated carbocycles. The maximum atomic E-state index is 13.0. The van der Waals surface area contributed by atoms with Gasteiger partial charge in [-0.25, -0.2) is 0 Å². The van der Waals surface area contributed by atoms with Crippen molar-refractivity contribution >= 4 is 38.8 Å². The largest absolute Gasteiger partial charge is 0.506 e. The predicted octanol–water partition coefficient (Wildman–Crippen LogP) is 4.84. The minimum atomic E-state index is -0.683. The number of ether oxygens (including phenoxy) is 1. The van der Waals surface area contributed by atoms with Gasteiger partial charge in [-0.1, -0.05) is 48.1 Å². The zero-order valence-electron chi connectivity index (χ0n) is 23.1. The Morgan fingerprint density at radius 1 is 1.10 bits per heavy atom. The molecule has 2 saturated heterocycles. The van der Waals surface area contributed by atoms with Crippen molar-refractivity contribution in [3.8, 4) is 5.75 Å². The number of hydrogen-bond donors (Lipinski definition) is 3. The fourth-order valence-corrected chi connectivity index (χ4v) is 7.81. The van der Waals surface area contributed by atoms with Gasteiger partial charge in [0.05, 0.1) is 28.8 Å². The number of carbonyl (C=O) groups excluding carboxylic acids is 1. The van der Waals surface area contributed by atoms with Gasteiger partial charge in [0, 0.05) is 36.6 Å². The van der Waals surface area contributed by atoms with E-state index >= 15 is 0 Å². The van der Waals surface area contributed by atoms with E-state index in [1.807, 2.05) is 24.0 Å². The van der Waals surface area contributed by atoms with Crippen LogP contribution in [0.5, 0.6) is 5.75 Å². The van der Waals surface area contributed by atoms with Crippen LogP contribution in [0.1, 0.15) is 56.6 Å². The Bertz CT molecular complexity index is 1600. The van der Waals surface area contributed by atoms with Crippen LogP contribution in [0.4, 0.5) is 0 Å². The molecule has 2 aromatic carbocycles. The second-order valence-corrected chi connectivity index (χ2v) is 13.6. The monoisotopic (exact) mass is 593 g/mol. The zero-order chi connectivity index (χ0) is 28.6. The maximum Gasteiger partial charge on any atom is 0.305 e. The summed E-state index contributed by atoms with van der Waals surface area (Å²) in [6.07, 6.45) is 2.62. The van der Waals surface area contributed by atoms with E-state index in [-0.39, 0.29) is 22.1 Å². The number of morpholine rings is 1. The molecule has 2 aromatic heterocycles. The molecule has 4 aromatic rings. The zero-order valence-corrected chi connectivity index (χ0v) is 24.7. The molecule has 2 aliphatic heterocycles. The fourth-order valence-electron chi connectivity index (χ4n) is 6.06. The van der Waals surface area contributed by atoms with Crippen molar-refractivity contribution in [1.82, 2.24) is 14.8 Å². The van der Waals surface area contributed by atoms with Crippen LogP contribution in [-0.2, 0) is 17.7 Å². The summed E-state index contributed by atoms with van der Waals surface area (Å²) in [7, 11) is 0. The van der Waals surface area contributed by atoms with E-state index in [0.29, 0.717) is 41.9 Å². The molecule has 0 bridgehead atoms. The van der Waals surface area contributed by atoms with Crippen LogP contribution in [0, 0.1) is 6.92 Å². The molecule has 3 N–H and O–H groups in total. The lowest BCUT2D eigenvalue weighted by Crippen LogP contribution is -2.70. The van der Waals surface area contributed by atoms with Crippen molar-refractivity contribution in [3.05, 3.63) is 84.6 Å². The molecule has 1 spiro atoms. The first-order chi connectivity index (χ1) is 19.8. The SMILES string of the molecule is Cc1ccc(C(=O)N2CCOC3(CN(Cc4cccc(CCCC[C@H](O)c5ccc(O)c6[nH]c(=O)sc56)c4)C3)C2)s1. The van der Waals surface area contributed by atoms with Gasteiger partial charge in [0.25, 0.3) is 5.91 Å². The van der Waals surface area contributed by atoms with Crippen LogP contribution in [0.25, 0.3) is 10.2 Å². The molecule has 2 aliphatic rings. The number of fused-ring (bicyclic) bond motifs is 1. The maximum absolute atomic E-state index is 13.0. The number of rotatable bonds is 9. The van der Waals surface area contributed by atoms with E-state index in [4.69, 9.17) is 4.74 Å². The average Bonchev–Trinajstić information content (AvgIpc) is 3.56. The Kier molecular flexibility index (Phi) is 8.02. The number of nitrogens with zero attached hydrogens (tertiary/aromatic N) is 2. The molecule has 4 heterocycles. The molecule has 10 heteroatoms. The third kappa shape index (κ3) is 6.12. The van der Waals surface area contributed by atoms with Gasteiger partial charge in [-0.3, -0.25) is 14.5 Å². The number of H-pyrrole nitrogens is 1. The van der Waals surface area contributed by atoms with Gasteiger partial charge in [0.1, 0.15) is 16.9 Å². The van der Waals surface area contributed by atoms with Crippen LogP contribution >= 0.6 is 22.7 Å². The molecule has 216 valence electrons. The Balaban J connectivity index is 0.972. The van der Waals surface area contributed by atoms with E-state index in [1.165, 1.54) is 17.2 Å². The smallest absolute Gasteiger partial charge is 0.305 e. The highest BCUT2D eigenvalue weighted by Gasteiger charge is 2.48. The van der Waals surface area contributed by atoms with Crippen molar-refractivity contribution < 1.29 is 19.7 Å². The molecule has 2 fully saturated rings. The number of aromatic hydroxyl groups is 1. The summed E-state index contributed by atoms with van der Waals surface area (Å²) in [6, 6.07) is 15.8. The lowest BCUT2D eigenvalue weighted by molar-refractivity contribution is -0.178. The molecule has 0 aliphatic carbocycles. The van der Waals surface area contributed by atoms with Crippen LogP contribution in [0.15, 0.2) is 53.3 Å². The fraction of sp³-hybridized carbons (Fsp3) is 0.419. The number of unbranched alkanes of at least 4 members (excludes halogenated alkanes) is 1. The van der Waals surface area contributed by atoms with E-state index < -0.39 is 6.10 Å². The summed E-state index contributed by atoms with van der Waals surface area (Å²) < 4.78 is 6.80. The number of aromatic nitrogens is 1. The van der Waals surface area contributed by atoms with Gasteiger partial charge >= 0.3 is 4.87 Å². The first-order valence-electron chi connectivity index (χ1n) is 14.1. The van der Waals surface area contributed by atoms with Gasteiger partial charge < -0.3 is 24.8 Å². The minimum absolute atomic E-state index is 0.0233. The highest BCUT2D eigenvalue weighted by molar-refractivity contribution is 7.16. The number of amides is 1. The second kappa shape index (κ2) is 11.7. The van der Waals surface area contributed by atoms with E-state index in [1.54, 1.807) is 17.4 Å². The third-order valence-corrected chi connectivity index (χ3v) is 9.97. The average molecular weight is 594 g/mol. The number of aromatic amines is 1. The molecule has 1 atom stereocenters. The molecule has 6 rings (SSSR count). The van der Waals surface area contributed by atoms with Crippen molar-refractivity contribution in [1.29, 1.82) is 0 Å². The number of phenolic OH excluding ortho intramolecular Hbond substituents is 1. The van der Waals surface area contributed by atoms with Crippen LogP contribution < -0.4 is 4.87 Å². The number of aliphatic hydroxyl groups is 1. The summed E-state index contributed by atoms with van der Waals surface area (Å²) in [5, 5.41) is 20.8. The van der Waals surface area contributed by atoms with Crippen molar-refractivity contribution in [2.45, 2.75) is 50.9 Å². The number of phenols is 1. The topological polar surface area (TPSA) is 106 Å². The Labute approximate surface area is 246 Å². The summed E-state index contributed by atoms with van der Waals surface area (Å²) in [5.74, 6) is 0.137. The minimum Gasteiger partial charge on any atom is -0.506 e. The van der Waals surface area contributed by atoms with Gasteiger partial charge in [0.15, 0.2) is 0 Å². The van der Waals surface area contributed by atoms with E-state index in [0.717, 1.165) is 60.0 Å². The molecular weight excluding hydrogens is 558 g/mol. The van der Waals surface area contributed by atoms with Gasteiger partial charge in [0.2, 0.25) is 0 Å².